The normalized spacial score (nSPS) is 21.8. The van der Waals surface area contributed by atoms with Crippen molar-refractivity contribution in [3.05, 3.63) is 29.6 Å². The lowest BCUT2D eigenvalue weighted by Gasteiger charge is -2.32. The fraction of sp³-hybridized carbons (Fsp3) is 0.562. The number of amides is 1. The highest BCUT2D eigenvalue weighted by Gasteiger charge is 2.33. The zero-order valence-electron chi connectivity index (χ0n) is 13.3. The van der Waals surface area contributed by atoms with Crippen molar-refractivity contribution in [3.8, 4) is 5.75 Å². The van der Waals surface area contributed by atoms with Gasteiger partial charge >= 0.3 is 0 Å². The molecule has 0 saturated carbocycles. The van der Waals surface area contributed by atoms with Crippen molar-refractivity contribution in [3.63, 3.8) is 0 Å². The van der Waals surface area contributed by atoms with Crippen LogP contribution in [0.5, 0.6) is 5.75 Å². The Morgan fingerprint density at radius 2 is 2.04 bits per heavy atom. The van der Waals surface area contributed by atoms with E-state index in [1.807, 2.05) is 0 Å². The molecule has 2 aliphatic heterocycles. The summed E-state index contributed by atoms with van der Waals surface area (Å²) in [6.45, 7) is 5.34. The number of piperazine rings is 1. The van der Waals surface area contributed by atoms with E-state index in [1.54, 1.807) is 17.0 Å². The van der Waals surface area contributed by atoms with Crippen LogP contribution in [0.15, 0.2) is 18.2 Å². The number of benzene rings is 1. The highest BCUT2D eigenvalue weighted by atomic mass is 35.5. The van der Waals surface area contributed by atoms with E-state index in [9.17, 15) is 9.18 Å². The molecule has 0 spiro atoms. The summed E-state index contributed by atoms with van der Waals surface area (Å²) < 4.78 is 19.2. The molecule has 23 heavy (non-hydrogen) atoms. The van der Waals surface area contributed by atoms with Crippen LogP contribution in [-0.2, 0) is 0 Å². The van der Waals surface area contributed by atoms with E-state index >= 15 is 0 Å². The number of methoxy groups -OCH3 is 1. The molecule has 1 aromatic carbocycles. The summed E-state index contributed by atoms with van der Waals surface area (Å²) in [5.74, 6) is -0.488. The number of hydrogen-bond acceptors (Lipinski definition) is 4. The van der Waals surface area contributed by atoms with Gasteiger partial charge in [-0.1, -0.05) is 6.07 Å². The molecule has 2 aliphatic rings. The van der Waals surface area contributed by atoms with Gasteiger partial charge in [-0.3, -0.25) is 9.69 Å². The number of hydrogen-bond donors (Lipinski definition) is 1. The van der Waals surface area contributed by atoms with Gasteiger partial charge in [-0.05, 0) is 18.6 Å². The fourth-order valence-electron chi connectivity index (χ4n) is 3.31. The van der Waals surface area contributed by atoms with E-state index in [2.05, 4.69) is 10.2 Å². The summed E-state index contributed by atoms with van der Waals surface area (Å²) in [7, 11) is 1.46. The van der Waals surface area contributed by atoms with E-state index in [0.29, 0.717) is 24.9 Å². The molecule has 7 heteroatoms. The minimum Gasteiger partial charge on any atom is -0.496 e. The van der Waals surface area contributed by atoms with Crippen LogP contribution in [0.4, 0.5) is 4.39 Å². The predicted molar refractivity (Wildman–Crippen MR) is 89.0 cm³/mol. The second kappa shape index (κ2) is 7.95. The van der Waals surface area contributed by atoms with Crippen LogP contribution in [0.25, 0.3) is 0 Å². The second-order valence-corrected chi connectivity index (χ2v) is 5.80. The quantitative estimate of drug-likeness (QED) is 0.900. The Balaban J connectivity index is 0.00000192. The van der Waals surface area contributed by atoms with Crippen LogP contribution < -0.4 is 10.1 Å². The van der Waals surface area contributed by atoms with Crippen molar-refractivity contribution < 1.29 is 13.9 Å². The van der Waals surface area contributed by atoms with Gasteiger partial charge in [-0.15, -0.1) is 12.4 Å². The van der Waals surface area contributed by atoms with Crippen LogP contribution in [-0.4, -0.2) is 68.1 Å². The third-order valence-electron chi connectivity index (χ3n) is 4.53. The molecular weight excluding hydrogens is 321 g/mol. The van der Waals surface area contributed by atoms with Crippen molar-refractivity contribution in [1.82, 2.24) is 15.1 Å². The van der Waals surface area contributed by atoms with Crippen molar-refractivity contribution in [1.29, 1.82) is 0 Å². The summed E-state index contributed by atoms with van der Waals surface area (Å²) in [6, 6.07) is 4.86. The molecule has 1 N–H and O–H groups in total. The summed E-state index contributed by atoms with van der Waals surface area (Å²) in [5, 5.41) is 3.33. The molecule has 0 aliphatic carbocycles. The van der Waals surface area contributed by atoms with Crippen LogP contribution in [0.2, 0.25) is 0 Å². The maximum Gasteiger partial charge on any atom is 0.260 e. The van der Waals surface area contributed by atoms with Gasteiger partial charge < -0.3 is 15.0 Å². The molecule has 0 bridgehead atoms. The number of rotatable bonds is 3. The Bertz CT molecular complexity index is 552. The standard InChI is InChI=1S/C16H22FN3O2.ClH/c1-22-14-4-2-3-13(17)15(14)16(21)20-8-5-12(11-20)19-9-6-18-7-10-19;/h2-4,12,18H,5-11H2,1H3;1H. The average molecular weight is 344 g/mol. The molecule has 2 saturated heterocycles. The number of carbonyl (C=O) groups is 1. The SMILES string of the molecule is COc1cccc(F)c1C(=O)N1CCC(N2CCNCC2)C1.Cl. The molecule has 1 atom stereocenters. The Labute approximate surface area is 142 Å². The first-order valence-corrected chi connectivity index (χ1v) is 7.77. The third-order valence-corrected chi connectivity index (χ3v) is 4.53. The molecule has 1 unspecified atom stereocenters. The van der Waals surface area contributed by atoms with E-state index in [4.69, 9.17) is 4.74 Å². The van der Waals surface area contributed by atoms with E-state index in [-0.39, 0.29) is 23.9 Å². The van der Waals surface area contributed by atoms with Gasteiger partial charge in [-0.25, -0.2) is 4.39 Å². The number of nitrogens with one attached hydrogen (secondary N) is 1. The zero-order valence-corrected chi connectivity index (χ0v) is 14.1. The number of nitrogens with zero attached hydrogens (tertiary/aromatic N) is 2. The molecule has 1 amide bonds. The number of likely N-dealkylation sites (tertiary alicyclic amines) is 1. The topological polar surface area (TPSA) is 44.8 Å². The van der Waals surface area contributed by atoms with Gasteiger partial charge in [0.15, 0.2) is 0 Å². The third kappa shape index (κ3) is 3.76. The largest absolute Gasteiger partial charge is 0.496 e. The van der Waals surface area contributed by atoms with E-state index < -0.39 is 5.82 Å². The highest BCUT2D eigenvalue weighted by molar-refractivity contribution is 5.97. The maximum absolute atomic E-state index is 14.0. The lowest BCUT2D eigenvalue weighted by Crippen LogP contribution is -2.49. The maximum atomic E-state index is 14.0. The van der Waals surface area contributed by atoms with Crippen LogP contribution in [0.1, 0.15) is 16.8 Å². The van der Waals surface area contributed by atoms with Crippen molar-refractivity contribution in [2.45, 2.75) is 12.5 Å². The van der Waals surface area contributed by atoms with Gasteiger partial charge in [0.05, 0.1) is 7.11 Å². The molecule has 2 fully saturated rings. The average Bonchev–Trinajstić information content (AvgIpc) is 3.05. The summed E-state index contributed by atoms with van der Waals surface area (Å²) in [6.07, 6.45) is 0.947. The van der Waals surface area contributed by atoms with Crippen molar-refractivity contribution >= 4 is 18.3 Å². The second-order valence-electron chi connectivity index (χ2n) is 5.80. The first-order chi connectivity index (χ1) is 10.7. The smallest absolute Gasteiger partial charge is 0.260 e. The van der Waals surface area contributed by atoms with Gasteiger partial charge in [0.1, 0.15) is 17.1 Å². The monoisotopic (exact) mass is 343 g/mol. The molecule has 5 nitrogen and oxygen atoms in total. The Morgan fingerprint density at radius 1 is 1.30 bits per heavy atom. The molecule has 0 radical (unpaired) electrons. The Kier molecular flexibility index (Phi) is 6.21. The lowest BCUT2D eigenvalue weighted by molar-refractivity contribution is 0.0765. The van der Waals surface area contributed by atoms with Gasteiger partial charge in [0, 0.05) is 45.3 Å². The van der Waals surface area contributed by atoms with E-state index in [0.717, 1.165) is 32.6 Å². The predicted octanol–water partition coefficient (Wildman–Crippen LogP) is 1.38. The van der Waals surface area contributed by atoms with Gasteiger partial charge in [0.2, 0.25) is 0 Å². The number of carbonyl (C=O) groups excluding carboxylic acids is 1. The zero-order chi connectivity index (χ0) is 15.5. The molecule has 3 rings (SSSR count). The first kappa shape index (κ1) is 18.0. The molecular formula is C16H23ClFN3O2. The van der Waals surface area contributed by atoms with Crippen molar-refractivity contribution in [2.75, 3.05) is 46.4 Å². The fourth-order valence-corrected chi connectivity index (χ4v) is 3.31. The van der Waals surface area contributed by atoms with E-state index in [1.165, 1.54) is 13.2 Å². The highest BCUT2D eigenvalue weighted by Crippen LogP contribution is 2.25. The minimum atomic E-state index is -0.519. The summed E-state index contributed by atoms with van der Waals surface area (Å²) in [5.41, 5.74) is 0.0472. The van der Waals surface area contributed by atoms with Crippen LogP contribution in [0, 0.1) is 5.82 Å². The first-order valence-electron chi connectivity index (χ1n) is 7.77. The molecule has 128 valence electrons. The molecule has 0 aromatic heterocycles. The van der Waals surface area contributed by atoms with Crippen LogP contribution >= 0.6 is 12.4 Å². The van der Waals surface area contributed by atoms with Crippen molar-refractivity contribution in [2.24, 2.45) is 0 Å². The van der Waals surface area contributed by atoms with Gasteiger partial charge in [-0.2, -0.15) is 0 Å². The number of ether oxygens (including phenoxy) is 1. The number of halogens is 2. The Hall–Kier alpha value is -1.37. The Morgan fingerprint density at radius 3 is 2.74 bits per heavy atom. The summed E-state index contributed by atoms with van der Waals surface area (Å²) in [4.78, 5) is 16.8. The summed E-state index contributed by atoms with van der Waals surface area (Å²) >= 11 is 0. The lowest BCUT2D eigenvalue weighted by atomic mass is 10.1. The minimum absolute atomic E-state index is 0. The molecule has 2 heterocycles. The van der Waals surface area contributed by atoms with Gasteiger partial charge in [0.25, 0.3) is 5.91 Å². The molecule has 1 aromatic rings. The van der Waals surface area contributed by atoms with Crippen LogP contribution in [0.3, 0.4) is 0 Å².